The van der Waals surface area contributed by atoms with Crippen LogP contribution < -0.4 is 16.4 Å². The Bertz CT molecular complexity index is 568. The van der Waals surface area contributed by atoms with Crippen LogP contribution in [-0.2, 0) is 0 Å². The molecule has 20 heavy (non-hydrogen) atoms. The molecule has 2 aromatic rings. The lowest BCUT2D eigenvalue weighted by Crippen LogP contribution is -2.33. The van der Waals surface area contributed by atoms with Gasteiger partial charge >= 0.3 is 0 Å². The molecule has 1 aromatic carbocycles. The van der Waals surface area contributed by atoms with Crippen LogP contribution in [0.4, 0.5) is 11.6 Å². The monoisotopic (exact) mass is 293 g/mol. The minimum Gasteiger partial charge on any atom is -0.381 e. The Morgan fingerprint density at radius 3 is 2.70 bits per heavy atom. The number of rotatable bonds is 3. The molecule has 1 unspecified atom stereocenters. The Balaban J connectivity index is 0.00000147. The number of piperidine rings is 1. The first kappa shape index (κ1) is 14.8. The van der Waals surface area contributed by atoms with Gasteiger partial charge in [-0.05, 0) is 44.0 Å². The maximum atomic E-state index is 5.95. The van der Waals surface area contributed by atoms with Crippen molar-refractivity contribution in [3.63, 3.8) is 0 Å². The van der Waals surface area contributed by atoms with Crippen molar-refractivity contribution in [2.24, 2.45) is 5.92 Å². The molecule has 3 rings (SSSR count). The second-order valence-electron chi connectivity index (χ2n) is 5.04. The molecular formula is C14H20ClN5. The summed E-state index contributed by atoms with van der Waals surface area (Å²) in [7, 11) is 0. The minimum absolute atomic E-state index is 0. The molecule has 1 atom stereocenters. The lowest BCUT2D eigenvalue weighted by Gasteiger charge is -2.23. The summed E-state index contributed by atoms with van der Waals surface area (Å²) < 4.78 is 0. The Kier molecular flexibility index (Phi) is 4.98. The molecule has 4 N–H and O–H groups in total. The third kappa shape index (κ3) is 3.29. The highest BCUT2D eigenvalue weighted by Gasteiger charge is 2.13. The molecule has 0 radical (unpaired) electrons. The van der Waals surface area contributed by atoms with Gasteiger partial charge in [0.1, 0.15) is 0 Å². The van der Waals surface area contributed by atoms with Crippen LogP contribution in [0.3, 0.4) is 0 Å². The second-order valence-corrected chi connectivity index (χ2v) is 5.04. The van der Waals surface area contributed by atoms with Crippen molar-refractivity contribution in [1.29, 1.82) is 0 Å². The number of nitrogens with two attached hydrogens (primary N) is 1. The van der Waals surface area contributed by atoms with Gasteiger partial charge in [0, 0.05) is 6.54 Å². The van der Waals surface area contributed by atoms with Crippen LogP contribution in [0.2, 0.25) is 0 Å². The predicted octanol–water partition coefficient (Wildman–Crippen LogP) is 2.05. The van der Waals surface area contributed by atoms with Crippen molar-refractivity contribution in [1.82, 2.24) is 15.3 Å². The topological polar surface area (TPSA) is 75.9 Å². The van der Waals surface area contributed by atoms with Crippen LogP contribution in [0.5, 0.6) is 0 Å². The zero-order valence-electron chi connectivity index (χ0n) is 11.3. The molecule has 1 aliphatic rings. The van der Waals surface area contributed by atoms with Gasteiger partial charge in [0.15, 0.2) is 11.6 Å². The predicted molar refractivity (Wildman–Crippen MR) is 85.3 cm³/mol. The number of para-hydroxylation sites is 2. The summed E-state index contributed by atoms with van der Waals surface area (Å²) in [6.45, 7) is 3.09. The summed E-state index contributed by atoms with van der Waals surface area (Å²) in [5.41, 5.74) is 7.66. The highest BCUT2D eigenvalue weighted by Crippen LogP contribution is 2.19. The molecule has 1 fully saturated rings. The van der Waals surface area contributed by atoms with Gasteiger partial charge in [0.2, 0.25) is 0 Å². The van der Waals surface area contributed by atoms with E-state index >= 15 is 0 Å². The molecule has 108 valence electrons. The number of nitrogens with zero attached hydrogens (tertiary/aromatic N) is 2. The molecule has 0 spiro atoms. The van der Waals surface area contributed by atoms with E-state index < -0.39 is 0 Å². The average Bonchev–Trinajstić information content (AvgIpc) is 2.46. The van der Waals surface area contributed by atoms with Gasteiger partial charge in [-0.3, -0.25) is 0 Å². The van der Waals surface area contributed by atoms with Crippen molar-refractivity contribution in [3.05, 3.63) is 24.3 Å². The van der Waals surface area contributed by atoms with E-state index in [0.29, 0.717) is 17.6 Å². The molecule has 0 amide bonds. The van der Waals surface area contributed by atoms with E-state index in [4.69, 9.17) is 5.73 Å². The maximum absolute atomic E-state index is 5.95. The van der Waals surface area contributed by atoms with Crippen LogP contribution >= 0.6 is 12.4 Å². The summed E-state index contributed by atoms with van der Waals surface area (Å²) in [6.07, 6.45) is 2.49. The first-order valence-electron chi connectivity index (χ1n) is 6.80. The van der Waals surface area contributed by atoms with Crippen molar-refractivity contribution < 1.29 is 0 Å². The Labute approximate surface area is 124 Å². The van der Waals surface area contributed by atoms with Gasteiger partial charge in [-0.1, -0.05) is 12.1 Å². The molecule has 1 aliphatic heterocycles. The zero-order valence-corrected chi connectivity index (χ0v) is 12.1. The number of halogens is 1. The van der Waals surface area contributed by atoms with Crippen LogP contribution in [0.1, 0.15) is 12.8 Å². The number of fused-ring (bicyclic) bond motifs is 1. The zero-order chi connectivity index (χ0) is 13.1. The van der Waals surface area contributed by atoms with Gasteiger partial charge in [-0.25, -0.2) is 9.97 Å². The number of hydrogen-bond donors (Lipinski definition) is 3. The van der Waals surface area contributed by atoms with E-state index in [1.807, 2.05) is 24.3 Å². The fourth-order valence-corrected chi connectivity index (χ4v) is 2.48. The summed E-state index contributed by atoms with van der Waals surface area (Å²) in [6, 6.07) is 7.78. The molecule has 1 saturated heterocycles. The summed E-state index contributed by atoms with van der Waals surface area (Å²) >= 11 is 0. The molecule has 6 heteroatoms. The largest absolute Gasteiger partial charge is 0.381 e. The fourth-order valence-electron chi connectivity index (χ4n) is 2.48. The molecule has 5 nitrogen and oxygen atoms in total. The summed E-state index contributed by atoms with van der Waals surface area (Å²) in [4.78, 5) is 8.92. The number of anilines is 2. The van der Waals surface area contributed by atoms with Crippen LogP contribution in [-0.4, -0.2) is 29.6 Å². The number of aromatic nitrogens is 2. The van der Waals surface area contributed by atoms with Gasteiger partial charge in [-0.2, -0.15) is 0 Å². The standard InChI is InChI=1S/C14H19N5.ClH/c15-13-14(17-9-10-4-3-7-16-8-10)19-12-6-2-1-5-11(12)18-13;/h1-2,5-6,10,16H,3-4,7-9H2,(H2,15,18)(H,17,19);1H. The van der Waals surface area contributed by atoms with E-state index in [-0.39, 0.29) is 12.4 Å². The van der Waals surface area contributed by atoms with E-state index in [2.05, 4.69) is 20.6 Å². The van der Waals surface area contributed by atoms with Gasteiger partial charge in [-0.15, -0.1) is 12.4 Å². The molecule has 1 aromatic heterocycles. The van der Waals surface area contributed by atoms with Crippen molar-refractivity contribution >= 4 is 35.1 Å². The second kappa shape index (κ2) is 6.72. The van der Waals surface area contributed by atoms with Gasteiger partial charge in [0.05, 0.1) is 11.0 Å². The first-order chi connectivity index (χ1) is 9.33. The number of nitrogen functional groups attached to an aromatic ring is 1. The average molecular weight is 294 g/mol. The normalized spacial score (nSPS) is 18.5. The molecule has 0 saturated carbocycles. The molecule has 2 heterocycles. The first-order valence-corrected chi connectivity index (χ1v) is 6.80. The molecular weight excluding hydrogens is 274 g/mol. The lowest BCUT2D eigenvalue weighted by molar-refractivity contribution is 0.392. The Hall–Kier alpha value is -1.59. The highest BCUT2D eigenvalue weighted by molar-refractivity contribution is 5.85. The summed E-state index contributed by atoms with van der Waals surface area (Å²) in [5, 5.41) is 6.74. The lowest BCUT2D eigenvalue weighted by atomic mass is 10.00. The number of benzene rings is 1. The smallest absolute Gasteiger partial charge is 0.169 e. The van der Waals surface area contributed by atoms with Crippen LogP contribution in [0, 0.1) is 5.92 Å². The van der Waals surface area contributed by atoms with Crippen molar-refractivity contribution in [2.45, 2.75) is 12.8 Å². The van der Waals surface area contributed by atoms with Gasteiger partial charge in [0.25, 0.3) is 0 Å². The van der Waals surface area contributed by atoms with Crippen LogP contribution in [0.15, 0.2) is 24.3 Å². The third-order valence-electron chi connectivity index (χ3n) is 3.55. The fraction of sp³-hybridized carbons (Fsp3) is 0.429. The summed E-state index contributed by atoms with van der Waals surface area (Å²) in [5.74, 6) is 1.81. The van der Waals surface area contributed by atoms with E-state index in [0.717, 1.165) is 30.7 Å². The SMILES string of the molecule is Cl.Nc1nc2ccccc2nc1NCC1CCCNC1. The number of hydrogen-bond acceptors (Lipinski definition) is 5. The van der Waals surface area contributed by atoms with Crippen LogP contribution in [0.25, 0.3) is 11.0 Å². The molecule has 0 aliphatic carbocycles. The quantitative estimate of drug-likeness (QED) is 0.807. The highest BCUT2D eigenvalue weighted by atomic mass is 35.5. The minimum atomic E-state index is 0. The van der Waals surface area contributed by atoms with E-state index in [1.54, 1.807) is 0 Å². The third-order valence-corrected chi connectivity index (χ3v) is 3.55. The van der Waals surface area contributed by atoms with Gasteiger partial charge < -0.3 is 16.4 Å². The van der Waals surface area contributed by atoms with E-state index in [9.17, 15) is 0 Å². The molecule has 0 bridgehead atoms. The van der Waals surface area contributed by atoms with Crippen molar-refractivity contribution in [3.8, 4) is 0 Å². The number of nitrogens with one attached hydrogen (secondary N) is 2. The maximum Gasteiger partial charge on any atom is 0.169 e. The Morgan fingerprint density at radius 1 is 1.25 bits per heavy atom. The van der Waals surface area contributed by atoms with E-state index in [1.165, 1.54) is 12.8 Å². The Morgan fingerprint density at radius 2 is 2.00 bits per heavy atom. The van der Waals surface area contributed by atoms with Crippen molar-refractivity contribution in [2.75, 3.05) is 30.7 Å².